The number of allylic oxidation sites excluding steroid dienone is 1. The quantitative estimate of drug-likeness (QED) is 0.819. The molecule has 3 rings (SSSR count). The van der Waals surface area contributed by atoms with Crippen LogP contribution < -0.4 is 5.32 Å². The van der Waals surface area contributed by atoms with Gasteiger partial charge < -0.3 is 5.32 Å². The van der Waals surface area contributed by atoms with Crippen molar-refractivity contribution >= 4 is 5.69 Å². The molecule has 0 saturated heterocycles. The number of anilines is 1. The average molecular weight is 252 g/mol. The molecule has 2 fully saturated rings. The lowest BCUT2D eigenvalue weighted by Gasteiger charge is -2.27. The van der Waals surface area contributed by atoms with Crippen LogP contribution in [0, 0.1) is 22.2 Å². The third kappa shape index (κ3) is 2.14. The molecule has 1 aromatic rings. The van der Waals surface area contributed by atoms with Crippen molar-refractivity contribution < 1.29 is 0 Å². The van der Waals surface area contributed by atoms with E-state index in [9.17, 15) is 0 Å². The molecule has 0 aliphatic heterocycles. The number of nitrogens with zero attached hydrogens (tertiary/aromatic N) is 1. The fourth-order valence-electron chi connectivity index (χ4n) is 3.88. The summed E-state index contributed by atoms with van der Waals surface area (Å²) >= 11 is 0. The number of benzene rings is 1. The highest BCUT2D eigenvalue weighted by Gasteiger charge is 2.52. The number of rotatable bonds is 4. The molecular formula is C17H20N2. The SMILES string of the molecule is C=CC12CCC(CNc3cccc(C#N)c3)(CC1)C2. The third-order valence-corrected chi connectivity index (χ3v) is 5.13. The van der Waals surface area contributed by atoms with Gasteiger partial charge in [0, 0.05) is 12.2 Å². The van der Waals surface area contributed by atoms with Crippen LogP contribution in [0.5, 0.6) is 0 Å². The van der Waals surface area contributed by atoms with Gasteiger partial charge in [0.1, 0.15) is 0 Å². The minimum Gasteiger partial charge on any atom is -0.384 e. The van der Waals surface area contributed by atoms with E-state index in [0.29, 0.717) is 10.8 Å². The maximum Gasteiger partial charge on any atom is 0.0992 e. The summed E-state index contributed by atoms with van der Waals surface area (Å²) in [6.07, 6.45) is 8.70. The van der Waals surface area contributed by atoms with Crippen molar-refractivity contribution in [2.75, 3.05) is 11.9 Å². The van der Waals surface area contributed by atoms with Gasteiger partial charge in [-0.05, 0) is 61.1 Å². The molecule has 0 spiro atoms. The van der Waals surface area contributed by atoms with Crippen molar-refractivity contribution in [2.45, 2.75) is 32.1 Å². The van der Waals surface area contributed by atoms with E-state index < -0.39 is 0 Å². The van der Waals surface area contributed by atoms with Gasteiger partial charge in [-0.3, -0.25) is 0 Å². The standard InChI is InChI=1S/C17H20N2/c1-2-16-6-8-17(12-16,9-7-16)13-19-15-5-3-4-14(10-15)11-18/h2-5,10,19H,1,6-9,12-13H2. The monoisotopic (exact) mass is 252 g/mol. The second-order valence-corrected chi connectivity index (χ2v) is 6.29. The molecule has 1 N–H and O–H groups in total. The van der Waals surface area contributed by atoms with Crippen molar-refractivity contribution in [3.8, 4) is 6.07 Å². The molecule has 19 heavy (non-hydrogen) atoms. The summed E-state index contributed by atoms with van der Waals surface area (Å²) in [6, 6.07) is 9.95. The van der Waals surface area contributed by atoms with Gasteiger partial charge in [0.25, 0.3) is 0 Å². The summed E-state index contributed by atoms with van der Waals surface area (Å²) in [6.45, 7) is 5.05. The van der Waals surface area contributed by atoms with Crippen LogP contribution in [0.15, 0.2) is 36.9 Å². The zero-order valence-electron chi connectivity index (χ0n) is 11.3. The van der Waals surface area contributed by atoms with Crippen LogP contribution in [0.2, 0.25) is 0 Å². The molecule has 2 aliphatic rings. The Morgan fingerprint density at radius 1 is 1.32 bits per heavy atom. The first kappa shape index (κ1) is 12.3. The Kier molecular flexibility index (Phi) is 2.86. The number of fused-ring (bicyclic) bond motifs is 2. The Morgan fingerprint density at radius 2 is 2.11 bits per heavy atom. The molecule has 2 aliphatic carbocycles. The van der Waals surface area contributed by atoms with Crippen LogP contribution in [0.25, 0.3) is 0 Å². The predicted octanol–water partition coefficient (Wildman–Crippen LogP) is 4.11. The molecular weight excluding hydrogens is 232 g/mol. The lowest BCUT2D eigenvalue weighted by Crippen LogP contribution is -2.24. The lowest BCUT2D eigenvalue weighted by molar-refractivity contribution is 0.310. The van der Waals surface area contributed by atoms with Crippen molar-refractivity contribution in [3.05, 3.63) is 42.5 Å². The van der Waals surface area contributed by atoms with E-state index in [1.165, 1.54) is 32.1 Å². The van der Waals surface area contributed by atoms with Crippen LogP contribution in [0.3, 0.4) is 0 Å². The highest BCUT2D eigenvalue weighted by Crippen LogP contribution is 2.61. The van der Waals surface area contributed by atoms with Crippen molar-refractivity contribution in [1.82, 2.24) is 0 Å². The molecule has 1 aromatic carbocycles. The Labute approximate surface area is 115 Å². The fourth-order valence-corrected chi connectivity index (χ4v) is 3.88. The first-order valence-electron chi connectivity index (χ1n) is 7.07. The zero-order valence-corrected chi connectivity index (χ0v) is 11.3. The number of nitrogens with one attached hydrogen (secondary N) is 1. The molecule has 0 aromatic heterocycles. The van der Waals surface area contributed by atoms with E-state index in [1.54, 1.807) is 0 Å². The third-order valence-electron chi connectivity index (χ3n) is 5.13. The van der Waals surface area contributed by atoms with Gasteiger partial charge in [-0.15, -0.1) is 6.58 Å². The molecule has 0 unspecified atom stereocenters. The Balaban J connectivity index is 1.67. The Morgan fingerprint density at radius 3 is 2.74 bits per heavy atom. The van der Waals surface area contributed by atoms with Crippen LogP contribution >= 0.6 is 0 Å². The molecule has 0 radical (unpaired) electrons. The van der Waals surface area contributed by atoms with Gasteiger partial charge in [-0.25, -0.2) is 0 Å². The number of nitriles is 1. The predicted molar refractivity (Wildman–Crippen MR) is 77.8 cm³/mol. The molecule has 0 atom stereocenters. The minimum atomic E-state index is 0.427. The smallest absolute Gasteiger partial charge is 0.0992 e. The van der Waals surface area contributed by atoms with E-state index >= 15 is 0 Å². The Bertz CT molecular complexity index is 530. The second-order valence-electron chi connectivity index (χ2n) is 6.29. The minimum absolute atomic E-state index is 0.427. The van der Waals surface area contributed by atoms with E-state index in [1.807, 2.05) is 24.3 Å². The summed E-state index contributed by atoms with van der Waals surface area (Å²) in [5.41, 5.74) is 2.67. The van der Waals surface area contributed by atoms with Gasteiger partial charge in [-0.1, -0.05) is 12.1 Å². The van der Waals surface area contributed by atoms with E-state index in [-0.39, 0.29) is 0 Å². The van der Waals surface area contributed by atoms with Crippen molar-refractivity contribution in [1.29, 1.82) is 5.26 Å². The van der Waals surface area contributed by atoms with Crippen molar-refractivity contribution in [2.24, 2.45) is 10.8 Å². The van der Waals surface area contributed by atoms with Crippen LogP contribution in [-0.4, -0.2) is 6.54 Å². The summed E-state index contributed by atoms with van der Waals surface area (Å²) in [5, 5.41) is 12.5. The number of hydrogen-bond donors (Lipinski definition) is 1. The largest absolute Gasteiger partial charge is 0.384 e. The topological polar surface area (TPSA) is 35.8 Å². The van der Waals surface area contributed by atoms with Crippen LogP contribution in [0.1, 0.15) is 37.7 Å². The maximum absolute atomic E-state index is 8.92. The van der Waals surface area contributed by atoms with Crippen molar-refractivity contribution in [3.63, 3.8) is 0 Å². The van der Waals surface area contributed by atoms with Gasteiger partial charge in [0.2, 0.25) is 0 Å². The highest BCUT2D eigenvalue weighted by molar-refractivity contribution is 5.49. The molecule has 2 bridgehead atoms. The second kappa shape index (κ2) is 4.42. The Hall–Kier alpha value is -1.75. The highest BCUT2D eigenvalue weighted by atomic mass is 14.9. The van der Waals surface area contributed by atoms with Gasteiger partial charge in [-0.2, -0.15) is 5.26 Å². The molecule has 2 saturated carbocycles. The summed E-state index contributed by atoms with van der Waals surface area (Å²) in [7, 11) is 0. The van der Waals surface area contributed by atoms with E-state index in [2.05, 4.69) is 24.0 Å². The number of hydrogen-bond acceptors (Lipinski definition) is 2. The fraction of sp³-hybridized carbons (Fsp3) is 0.471. The molecule has 0 heterocycles. The van der Waals surface area contributed by atoms with E-state index in [0.717, 1.165) is 17.8 Å². The van der Waals surface area contributed by atoms with Crippen LogP contribution in [0.4, 0.5) is 5.69 Å². The van der Waals surface area contributed by atoms with Gasteiger partial charge in [0.15, 0.2) is 0 Å². The summed E-state index contributed by atoms with van der Waals surface area (Å²) < 4.78 is 0. The normalized spacial score (nSPS) is 31.9. The summed E-state index contributed by atoms with van der Waals surface area (Å²) in [4.78, 5) is 0. The molecule has 98 valence electrons. The first-order chi connectivity index (χ1) is 9.19. The maximum atomic E-state index is 8.92. The van der Waals surface area contributed by atoms with Crippen LogP contribution in [-0.2, 0) is 0 Å². The molecule has 2 nitrogen and oxygen atoms in total. The first-order valence-corrected chi connectivity index (χ1v) is 7.07. The average Bonchev–Trinajstić information content (AvgIpc) is 3.03. The summed E-state index contributed by atoms with van der Waals surface area (Å²) in [5.74, 6) is 0. The zero-order chi connectivity index (χ0) is 13.3. The van der Waals surface area contributed by atoms with Gasteiger partial charge in [0.05, 0.1) is 11.6 Å². The molecule has 2 heteroatoms. The molecule has 0 amide bonds. The van der Waals surface area contributed by atoms with E-state index in [4.69, 9.17) is 5.26 Å². The van der Waals surface area contributed by atoms with Gasteiger partial charge >= 0.3 is 0 Å². The lowest BCUT2D eigenvalue weighted by atomic mass is 9.82.